The fourth-order valence-electron chi connectivity index (χ4n) is 1.92. The van der Waals surface area contributed by atoms with Crippen LogP contribution in [0.15, 0.2) is 35.2 Å². The lowest BCUT2D eigenvalue weighted by Gasteiger charge is -2.05. The van der Waals surface area contributed by atoms with Crippen LogP contribution in [0.1, 0.15) is 30.3 Å². The summed E-state index contributed by atoms with van der Waals surface area (Å²) in [5.74, 6) is 2.39. The smallest absolute Gasteiger partial charge is 0.130 e. The van der Waals surface area contributed by atoms with Crippen molar-refractivity contribution in [2.45, 2.75) is 29.4 Å². The number of hydrogen-bond donors (Lipinski definition) is 1. The van der Waals surface area contributed by atoms with E-state index < -0.39 is 0 Å². The summed E-state index contributed by atoms with van der Waals surface area (Å²) in [4.78, 5) is 8.93. The van der Waals surface area contributed by atoms with E-state index in [1.165, 1.54) is 18.5 Å². The van der Waals surface area contributed by atoms with Crippen molar-refractivity contribution >= 4 is 35.6 Å². The first-order valence-electron chi connectivity index (χ1n) is 6.19. The molecule has 5 heteroatoms. The largest absolute Gasteiger partial charge is 0.346 e. The lowest BCUT2D eigenvalue weighted by Crippen LogP contribution is -1.97. The van der Waals surface area contributed by atoms with Gasteiger partial charge in [-0.15, -0.1) is 11.8 Å². The number of thioether (sulfide) groups is 1. The third kappa shape index (κ3) is 3.59. The van der Waals surface area contributed by atoms with Crippen molar-refractivity contribution in [1.82, 2.24) is 9.97 Å². The molecule has 0 radical (unpaired) electrons. The molecule has 1 N–H and O–H groups in total. The summed E-state index contributed by atoms with van der Waals surface area (Å²) in [7, 11) is 0. The molecule has 1 aromatic carbocycles. The number of H-pyrrole nitrogens is 1. The van der Waals surface area contributed by atoms with Crippen LogP contribution in [0.4, 0.5) is 0 Å². The third-order valence-electron chi connectivity index (χ3n) is 3.00. The normalized spacial score (nSPS) is 14.6. The van der Waals surface area contributed by atoms with Crippen LogP contribution in [-0.4, -0.2) is 9.97 Å². The Morgan fingerprint density at radius 2 is 2.21 bits per heavy atom. The van der Waals surface area contributed by atoms with E-state index in [2.05, 4.69) is 16.0 Å². The first kappa shape index (κ1) is 13.2. The predicted molar refractivity (Wildman–Crippen MR) is 82.4 cm³/mol. The van der Waals surface area contributed by atoms with Crippen molar-refractivity contribution in [3.63, 3.8) is 0 Å². The van der Waals surface area contributed by atoms with Gasteiger partial charge >= 0.3 is 0 Å². The summed E-state index contributed by atoms with van der Waals surface area (Å²) in [6, 6.07) is 9.84. The van der Waals surface area contributed by atoms with Crippen LogP contribution in [-0.2, 0) is 5.75 Å². The molecule has 1 saturated carbocycles. The number of aromatic amines is 1. The zero-order valence-electron chi connectivity index (χ0n) is 10.2. The highest BCUT2D eigenvalue weighted by Crippen LogP contribution is 2.39. The highest BCUT2D eigenvalue weighted by Gasteiger charge is 2.24. The molecule has 0 unspecified atom stereocenters. The molecule has 3 rings (SSSR count). The van der Waals surface area contributed by atoms with Gasteiger partial charge in [0, 0.05) is 15.6 Å². The maximum Gasteiger partial charge on any atom is 0.130 e. The van der Waals surface area contributed by atoms with Crippen molar-refractivity contribution in [1.29, 1.82) is 0 Å². The van der Waals surface area contributed by atoms with E-state index >= 15 is 0 Å². The Morgan fingerprint density at radius 3 is 2.95 bits per heavy atom. The number of nitrogens with zero attached hydrogens (tertiary/aromatic N) is 1. The zero-order valence-corrected chi connectivity index (χ0v) is 12.6. The predicted octanol–water partition coefficient (Wildman–Crippen LogP) is 4.96. The Morgan fingerprint density at radius 1 is 1.37 bits per heavy atom. The molecule has 0 spiro atoms. The molecule has 1 aliphatic rings. The molecule has 2 nitrogen and oxygen atoms in total. The van der Waals surface area contributed by atoms with Gasteiger partial charge in [0.05, 0.1) is 5.75 Å². The van der Waals surface area contributed by atoms with E-state index in [1.807, 2.05) is 24.3 Å². The summed E-state index contributed by atoms with van der Waals surface area (Å²) in [6.07, 6.45) is 2.52. The van der Waals surface area contributed by atoms with E-state index in [1.54, 1.807) is 11.8 Å². The molecule has 1 fully saturated rings. The molecule has 1 heterocycles. The Bertz CT molecular complexity index is 650. The number of benzene rings is 1. The van der Waals surface area contributed by atoms with Crippen LogP contribution >= 0.6 is 35.6 Å². The summed E-state index contributed by atoms with van der Waals surface area (Å²) >= 11 is 12.9. The standard InChI is InChI=1S/C14H13ClN2S2/c15-10-2-1-3-11(6-10)19-8-13-16-12(9-4-5-9)7-14(18)17-13/h1-3,6-7,9H,4-5,8H2,(H,16,17,18). The molecule has 1 aromatic heterocycles. The average molecular weight is 309 g/mol. The molecule has 98 valence electrons. The average Bonchev–Trinajstić information content (AvgIpc) is 3.20. The lowest BCUT2D eigenvalue weighted by atomic mass is 10.3. The van der Waals surface area contributed by atoms with Crippen molar-refractivity contribution < 1.29 is 0 Å². The van der Waals surface area contributed by atoms with Crippen LogP contribution < -0.4 is 0 Å². The van der Waals surface area contributed by atoms with Gasteiger partial charge in [-0.2, -0.15) is 0 Å². The van der Waals surface area contributed by atoms with Crippen molar-refractivity contribution in [2.75, 3.05) is 0 Å². The molecule has 0 atom stereocenters. The van der Waals surface area contributed by atoms with E-state index in [4.69, 9.17) is 23.8 Å². The van der Waals surface area contributed by atoms with Crippen LogP contribution in [0.25, 0.3) is 0 Å². The van der Waals surface area contributed by atoms with Gasteiger partial charge in [0.15, 0.2) is 0 Å². The van der Waals surface area contributed by atoms with Gasteiger partial charge in [-0.1, -0.05) is 29.9 Å². The maximum atomic E-state index is 5.97. The molecular formula is C14H13ClN2S2. The molecule has 0 bridgehead atoms. The van der Waals surface area contributed by atoms with E-state index in [0.29, 0.717) is 10.6 Å². The van der Waals surface area contributed by atoms with Crippen LogP contribution in [0.2, 0.25) is 5.02 Å². The SMILES string of the molecule is S=c1cc(C2CC2)[nH]c(CSc2cccc(Cl)c2)n1. The van der Waals surface area contributed by atoms with Gasteiger partial charge in [-0.05, 0) is 43.0 Å². The first-order chi connectivity index (χ1) is 9.20. The molecule has 0 aliphatic heterocycles. The second-order valence-electron chi connectivity index (χ2n) is 4.64. The summed E-state index contributed by atoms with van der Waals surface area (Å²) in [6.45, 7) is 0. The van der Waals surface area contributed by atoms with Crippen LogP contribution in [0.5, 0.6) is 0 Å². The Labute approximate surface area is 126 Å². The fourth-order valence-corrected chi connectivity index (χ4v) is 3.24. The zero-order chi connectivity index (χ0) is 13.2. The van der Waals surface area contributed by atoms with E-state index in [0.717, 1.165) is 21.5 Å². The van der Waals surface area contributed by atoms with Crippen LogP contribution in [0, 0.1) is 4.64 Å². The van der Waals surface area contributed by atoms with E-state index in [-0.39, 0.29) is 0 Å². The minimum atomic E-state index is 0.666. The first-order valence-corrected chi connectivity index (χ1v) is 7.96. The van der Waals surface area contributed by atoms with Gasteiger partial charge in [-0.3, -0.25) is 0 Å². The van der Waals surface area contributed by atoms with E-state index in [9.17, 15) is 0 Å². The number of aromatic nitrogens is 2. The number of hydrogen-bond acceptors (Lipinski definition) is 3. The highest BCUT2D eigenvalue weighted by atomic mass is 35.5. The second-order valence-corrected chi connectivity index (χ2v) is 6.55. The summed E-state index contributed by atoms with van der Waals surface area (Å²) < 4.78 is 0.683. The van der Waals surface area contributed by atoms with Crippen molar-refractivity contribution in [2.24, 2.45) is 0 Å². The molecular weight excluding hydrogens is 296 g/mol. The van der Waals surface area contributed by atoms with Gasteiger partial charge in [0.2, 0.25) is 0 Å². The van der Waals surface area contributed by atoms with Crippen molar-refractivity contribution in [3.05, 3.63) is 51.5 Å². The summed E-state index contributed by atoms with van der Waals surface area (Å²) in [5, 5.41) is 0.762. The number of nitrogens with one attached hydrogen (secondary N) is 1. The van der Waals surface area contributed by atoms with Gasteiger partial charge < -0.3 is 4.98 Å². The Balaban J connectivity index is 1.74. The number of halogens is 1. The molecule has 0 saturated heterocycles. The fraction of sp³-hybridized carbons (Fsp3) is 0.286. The quantitative estimate of drug-likeness (QED) is 0.639. The second kappa shape index (κ2) is 5.65. The molecule has 0 amide bonds. The van der Waals surface area contributed by atoms with Gasteiger partial charge in [-0.25, -0.2) is 4.98 Å². The van der Waals surface area contributed by atoms with Gasteiger partial charge in [0.25, 0.3) is 0 Å². The Hall–Kier alpha value is -0.840. The topological polar surface area (TPSA) is 28.7 Å². The van der Waals surface area contributed by atoms with Crippen molar-refractivity contribution in [3.8, 4) is 0 Å². The molecule has 19 heavy (non-hydrogen) atoms. The minimum Gasteiger partial charge on any atom is -0.346 e. The maximum absolute atomic E-state index is 5.97. The van der Waals surface area contributed by atoms with Crippen LogP contribution in [0.3, 0.4) is 0 Å². The number of rotatable bonds is 4. The summed E-state index contributed by atoms with van der Waals surface area (Å²) in [5.41, 5.74) is 1.24. The molecule has 1 aliphatic carbocycles. The highest BCUT2D eigenvalue weighted by molar-refractivity contribution is 7.98. The molecule has 2 aromatic rings. The monoisotopic (exact) mass is 308 g/mol. The minimum absolute atomic E-state index is 0.666. The van der Waals surface area contributed by atoms with Gasteiger partial charge in [0.1, 0.15) is 10.5 Å². The lowest BCUT2D eigenvalue weighted by molar-refractivity contribution is 0.925. The third-order valence-corrected chi connectivity index (χ3v) is 4.45. The Kier molecular flexibility index (Phi) is 3.91.